The summed E-state index contributed by atoms with van der Waals surface area (Å²) in [7, 11) is 0. The van der Waals surface area contributed by atoms with Gasteiger partial charge in [0.2, 0.25) is 0 Å². The maximum Gasteiger partial charge on any atom is 0.0231 e. The molecule has 102 valence electrons. The Balaban J connectivity index is 2.21. The normalized spacial score (nSPS) is 11.2. The minimum Gasteiger partial charge on any atom is -0.313 e. The summed E-state index contributed by atoms with van der Waals surface area (Å²) in [4.78, 5) is 2.46. The fourth-order valence-electron chi connectivity index (χ4n) is 1.86. The van der Waals surface area contributed by atoms with Crippen molar-refractivity contribution in [2.24, 2.45) is 0 Å². The second kappa shape index (κ2) is 9.08. The Morgan fingerprint density at radius 1 is 1.17 bits per heavy atom. The first-order chi connectivity index (χ1) is 8.67. The number of hydrogen-bond acceptors (Lipinski definition) is 2. The monoisotopic (exact) mass is 376 g/mol. The van der Waals surface area contributed by atoms with Crippen molar-refractivity contribution in [3.8, 4) is 0 Å². The van der Waals surface area contributed by atoms with E-state index in [0.29, 0.717) is 0 Å². The van der Waals surface area contributed by atoms with E-state index in [9.17, 15) is 0 Å². The molecular weight excluding hydrogens is 356 g/mol. The standard InChI is InChI=1S/C14H22Br2N2/c1-3-18(4-2)9-5-8-17-11-12-6-7-13(15)10-14(12)16/h6-7,10,17H,3-5,8-9,11H2,1-2H3. The zero-order valence-electron chi connectivity index (χ0n) is 11.2. The summed E-state index contributed by atoms with van der Waals surface area (Å²) < 4.78 is 2.27. The van der Waals surface area contributed by atoms with Crippen molar-refractivity contribution in [3.63, 3.8) is 0 Å². The summed E-state index contributed by atoms with van der Waals surface area (Å²) >= 11 is 7.05. The van der Waals surface area contributed by atoms with Gasteiger partial charge in [-0.25, -0.2) is 0 Å². The van der Waals surface area contributed by atoms with Crippen LogP contribution in [0.2, 0.25) is 0 Å². The molecule has 0 aliphatic rings. The molecule has 0 saturated carbocycles. The summed E-state index contributed by atoms with van der Waals surface area (Å²) in [5.74, 6) is 0. The van der Waals surface area contributed by atoms with Crippen molar-refractivity contribution in [1.29, 1.82) is 0 Å². The van der Waals surface area contributed by atoms with Crippen LogP contribution in [0.4, 0.5) is 0 Å². The van der Waals surface area contributed by atoms with Gasteiger partial charge in [0.1, 0.15) is 0 Å². The zero-order valence-corrected chi connectivity index (χ0v) is 14.3. The van der Waals surface area contributed by atoms with E-state index in [-0.39, 0.29) is 0 Å². The third kappa shape index (κ3) is 5.83. The molecule has 0 saturated heterocycles. The SMILES string of the molecule is CCN(CC)CCCNCc1ccc(Br)cc1Br. The van der Waals surface area contributed by atoms with Crippen LogP contribution >= 0.6 is 31.9 Å². The molecule has 0 spiro atoms. The molecule has 18 heavy (non-hydrogen) atoms. The number of halogens is 2. The van der Waals surface area contributed by atoms with E-state index in [1.807, 2.05) is 0 Å². The van der Waals surface area contributed by atoms with Crippen LogP contribution in [0.1, 0.15) is 25.8 Å². The number of rotatable bonds is 8. The first kappa shape index (κ1) is 16.2. The smallest absolute Gasteiger partial charge is 0.0231 e. The Labute approximate surface area is 127 Å². The van der Waals surface area contributed by atoms with Crippen LogP contribution in [-0.2, 0) is 6.54 Å². The summed E-state index contributed by atoms with van der Waals surface area (Å²) in [6, 6.07) is 6.32. The fourth-order valence-corrected chi connectivity index (χ4v) is 3.04. The van der Waals surface area contributed by atoms with Crippen molar-refractivity contribution in [3.05, 3.63) is 32.7 Å². The fraction of sp³-hybridized carbons (Fsp3) is 0.571. The molecule has 0 bridgehead atoms. The van der Waals surface area contributed by atoms with Crippen LogP contribution in [-0.4, -0.2) is 31.1 Å². The van der Waals surface area contributed by atoms with Crippen LogP contribution in [0.25, 0.3) is 0 Å². The van der Waals surface area contributed by atoms with Crippen LogP contribution in [0.15, 0.2) is 27.1 Å². The summed E-state index contributed by atoms with van der Waals surface area (Å²) in [5.41, 5.74) is 1.31. The molecule has 1 aromatic carbocycles. The summed E-state index contributed by atoms with van der Waals surface area (Å²) in [6.45, 7) is 9.90. The van der Waals surface area contributed by atoms with E-state index in [4.69, 9.17) is 0 Å². The second-order valence-electron chi connectivity index (χ2n) is 4.29. The Morgan fingerprint density at radius 3 is 2.50 bits per heavy atom. The van der Waals surface area contributed by atoms with Gasteiger partial charge in [-0.1, -0.05) is 51.8 Å². The van der Waals surface area contributed by atoms with Crippen LogP contribution in [0.5, 0.6) is 0 Å². The minimum absolute atomic E-state index is 0.923. The summed E-state index contributed by atoms with van der Waals surface area (Å²) in [6.07, 6.45) is 1.20. The second-order valence-corrected chi connectivity index (χ2v) is 6.06. The van der Waals surface area contributed by atoms with Gasteiger partial charge in [-0.05, 0) is 50.3 Å². The van der Waals surface area contributed by atoms with Crippen molar-refractivity contribution < 1.29 is 0 Å². The van der Waals surface area contributed by atoms with Crippen molar-refractivity contribution >= 4 is 31.9 Å². The third-order valence-corrected chi connectivity index (χ3v) is 4.28. The number of hydrogen-bond donors (Lipinski definition) is 1. The van der Waals surface area contributed by atoms with Gasteiger partial charge in [-0.2, -0.15) is 0 Å². The van der Waals surface area contributed by atoms with Gasteiger partial charge in [0, 0.05) is 15.5 Å². The molecule has 0 aromatic heterocycles. The third-order valence-electron chi connectivity index (χ3n) is 3.05. The molecule has 0 aliphatic heterocycles. The van der Waals surface area contributed by atoms with Gasteiger partial charge in [-0.15, -0.1) is 0 Å². The zero-order chi connectivity index (χ0) is 13.4. The molecule has 2 nitrogen and oxygen atoms in total. The molecule has 0 radical (unpaired) electrons. The molecule has 0 aliphatic carbocycles. The Kier molecular flexibility index (Phi) is 8.15. The molecule has 4 heteroatoms. The quantitative estimate of drug-likeness (QED) is 0.688. The highest BCUT2D eigenvalue weighted by Gasteiger charge is 2.01. The lowest BCUT2D eigenvalue weighted by Crippen LogP contribution is -2.27. The van der Waals surface area contributed by atoms with Gasteiger partial charge in [0.15, 0.2) is 0 Å². The average molecular weight is 378 g/mol. The first-order valence-corrected chi connectivity index (χ1v) is 8.13. The Bertz CT molecular complexity index is 352. The highest BCUT2D eigenvalue weighted by molar-refractivity contribution is 9.11. The topological polar surface area (TPSA) is 15.3 Å². The van der Waals surface area contributed by atoms with Crippen molar-refractivity contribution in [2.75, 3.05) is 26.2 Å². The van der Waals surface area contributed by atoms with E-state index < -0.39 is 0 Å². The minimum atomic E-state index is 0.923. The molecule has 0 heterocycles. The molecule has 1 rings (SSSR count). The van der Waals surface area contributed by atoms with Crippen LogP contribution in [0.3, 0.4) is 0 Å². The largest absolute Gasteiger partial charge is 0.313 e. The predicted molar refractivity (Wildman–Crippen MR) is 86.0 cm³/mol. The molecule has 0 unspecified atom stereocenters. The molecule has 1 N–H and O–H groups in total. The Hall–Kier alpha value is 0.1000. The van der Waals surface area contributed by atoms with Crippen LogP contribution < -0.4 is 5.32 Å². The van der Waals surface area contributed by atoms with Gasteiger partial charge in [0.05, 0.1) is 0 Å². The van der Waals surface area contributed by atoms with Gasteiger partial charge >= 0.3 is 0 Å². The lowest BCUT2D eigenvalue weighted by atomic mass is 10.2. The molecular formula is C14H22Br2N2. The van der Waals surface area contributed by atoms with Gasteiger partial charge < -0.3 is 10.2 Å². The maximum absolute atomic E-state index is 3.58. The molecule has 0 amide bonds. The van der Waals surface area contributed by atoms with Crippen molar-refractivity contribution in [1.82, 2.24) is 10.2 Å². The lowest BCUT2D eigenvalue weighted by molar-refractivity contribution is 0.298. The van der Waals surface area contributed by atoms with E-state index in [1.54, 1.807) is 0 Å². The van der Waals surface area contributed by atoms with E-state index in [2.05, 4.69) is 74.1 Å². The molecule has 1 aromatic rings. The number of nitrogens with zero attached hydrogens (tertiary/aromatic N) is 1. The predicted octanol–water partition coefficient (Wildman–Crippen LogP) is 4.03. The highest BCUT2D eigenvalue weighted by atomic mass is 79.9. The van der Waals surface area contributed by atoms with E-state index >= 15 is 0 Å². The van der Waals surface area contributed by atoms with Crippen LogP contribution in [0, 0.1) is 0 Å². The number of benzene rings is 1. The first-order valence-electron chi connectivity index (χ1n) is 6.54. The molecule has 0 atom stereocenters. The van der Waals surface area contributed by atoms with E-state index in [0.717, 1.165) is 35.1 Å². The lowest BCUT2D eigenvalue weighted by Gasteiger charge is -2.17. The van der Waals surface area contributed by atoms with Gasteiger partial charge in [-0.3, -0.25) is 0 Å². The molecule has 0 fully saturated rings. The van der Waals surface area contributed by atoms with Gasteiger partial charge in [0.25, 0.3) is 0 Å². The summed E-state index contributed by atoms with van der Waals surface area (Å²) in [5, 5.41) is 3.49. The highest BCUT2D eigenvalue weighted by Crippen LogP contribution is 2.21. The number of nitrogens with one attached hydrogen (secondary N) is 1. The Morgan fingerprint density at radius 2 is 1.89 bits per heavy atom. The van der Waals surface area contributed by atoms with Crippen molar-refractivity contribution in [2.45, 2.75) is 26.8 Å². The average Bonchev–Trinajstić information content (AvgIpc) is 2.36. The maximum atomic E-state index is 3.58. The van der Waals surface area contributed by atoms with E-state index in [1.165, 1.54) is 18.5 Å².